The van der Waals surface area contributed by atoms with Crippen molar-refractivity contribution in [3.63, 3.8) is 0 Å². The van der Waals surface area contributed by atoms with Crippen LogP contribution in [0.4, 0.5) is 0 Å². The van der Waals surface area contributed by atoms with Crippen LogP contribution in [-0.2, 0) is 6.54 Å². The Bertz CT molecular complexity index is 623. The Kier molecular flexibility index (Phi) is 5.17. The van der Waals surface area contributed by atoms with Crippen molar-refractivity contribution in [3.8, 4) is 11.5 Å². The van der Waals surface area contributed by atoms with Gasteiger partial charge in [-0.1, -0.05) is 42.0 Å². The summed E-state index contributed by atoms with van der Waals surface area (Å²) < 4.78 is 10.6. The van der Waals surface area contributed by atoms with Gasteiger partial charge in [-0.2, -0.15) is 0 Å². The largest absolute Gasteiger partial charge is 0.497 e. The maximum absolute atomic E-state index is 5.46. The summed E-state index contributed by atoms with van der Waals surface area (Å²) in [4.78, 5) is 0.645. The van der Waals surface area contributed by atoms with Gasteiger partial charge in [0.2, 0.25) is 0 Å². The maximum Gasteiger partial charge on any atom is 0.129 e. The minimum absolute atomic E-state index is 0.645. The smallest absolute Gasteiger partial charge is 0.129 e. The fourth-order valence-electron chi connectivity index (χ4n) is 1.98. The summed E-state index contributed by atoms with van der Waals surface area (Å²) in [6.07, 6.45) is 0. The molecule has 2 aromatic rings. The minimum Gasteiger partial charge on any atom is -0.497 e. The van der Waals surface area contributed by atoms with E-state index in [1.165, 1.54) is 11.1 Å². The molecule has 2 aromatic carbocycles. The van der Waals surface area contributed by atoms with Gasteiger partial charge in [-0.3, -0.25) is 0 Å². The van der Waals surface area contributed by atoms with E-state index >= 15 is 0 Å². The van der Waals surface area contributed by atoms with Crippen LogP contribution in [0, 0.1) is 6.92 Å². The molecule has 0 heterocycles. The first kappa shape index (κ1) is 15.3. The molecular weight excluding hydrogens is 282 g/mol. The summed E-state index contributed by atoms with van der Waals surface area (Å²) in [6.45, 7) is 2.75. The van der Waals surface area contributed by atoms with Crippen molar-refractivity contribution in [1.82, 2.24) is 5.32 Å². The number of rotatable bonds is 5. The van der Waals surface area contributed by atoms with Gasteiger partial charge < -0.3 is 14.8 Å². The van der Waals surface area contributed by atoms with Crippen LogP contribution in [0.5, 0.6) is 11.5 Å². The highest BCUT2D eigenvalue weighted by atomic mass is 32.1. The summed E-state index contributed by atoms with van der Waals surface area (Å²) in [5.74, 6) is 1.49. The number of benzene rings is 2. The van der Waals surface area contributed by atoms with Crippen molar-refractivity contribution < 1.29 is 9.47 Å². The number of aryl methyl sites for hydroxylation is 1. The molecule has 0 bridgehead atoms. The molecule has 0 saturated heterocycles. The van der Waals surface area contributed by atoms with E-state index in [2.05, 4.69) is 36.5 Å². The Hall–Kier alpha value is -2.07. The second kappa shape index (κ2) is 7.09. The first-order chi connectivity index (χ1) is 10.1. The van der Waals surface area contributed by atoms with Crippen LogP contribution >= 0.6 is 12.2 Å². The summed E-state index contributed by atoms with van der Waals surface area (Å²) in [7, 11) is 3.27. The third kappa shape index (κ3) is 3.95. The molecule has 110 valence electrons. The van der Waals surface area contributed by atoms with Gasteiger partial charge in [-0.05, 0) is 30.7 Å². The van der Waals surface area contributed by atoms with E-state index in [1.54, 1.807) is 14.2 Å². The molecule has 0 aliphatic heterocycles. The van der Waals surface area contributed by atoms with Crippen LogP contribution in [0.15, 0.2) is 42.5 Å². The zero-order valence-electron chi connectivity index (χ0n) is 12.5. The second-order valence-corrected chi connectivity index (χ2v) is 5.14. The molecule has 3 nitrogen and oxygen atoms in total. The first-order valence-corrected chi connectivity index (χ1v) is 7.10. The third-order valence-electron chi connectivity index (χ3n) is 3.22. The lowest BCUT2D eigenvalue weighted by Crippen LogP contribution is -2.22. The predicted octanol–water partition coefficient (Wildman–Crippen LogP) is 3.48. The van der Waals surface area contributed by atoms with Crippen LogP contribution in [0.2, 0.25) is 0 Å². The van der Waals surface area contributed by atoms with E-state index in [9.17, 15) is 0 Å². The lowest BCUT2D eigenvalue weighted by molar-refractivity contribution is 0.402. The Morgan fingerprint density at radius 2 is 1.76 bits per heavy atom. The van der Waals surface area contributed by atoms with Crippen LogP contribution in [-0.4, -0.2) is 19.2 Å². The fourth-order valence-corrected chi connectivity index (χ4v) is 2.21. The van der Waals surface area contributed by atoms with Gasteiger partial charge in [0.1, 0.15) is 16.5 Å². The number of ether oxygens (including phenoxy) is 2. The highest BCUT2D eigenvalue weighted by Gasteiger charge is 2.10. The molecule has 2 rings (SSSR count). The maximum atomic E-state index is 5.46. The molecular formula is C17H19NO2S. The summed E-state index contributed by atoms with van der Waals surface area (Å²) in [5, 5.41) is 3.26. The molecule has 0 saturated carbocycles. The molecule has 0 atom stereocenters. The van der Waals surface area contributed by atoms with Gasteiger partial charge in [0.15, 0.2) is 0 Å². The van der Waals surface area contributed by atoms with Crippen LogP contribution in [0.25, 0.3) is 0 Å². The van der Waals surface area contributed by atoms with Crippen LogP contribution in [0.1, 0.15) is 16.7 Å². The van der Waals surface area contributed by atoms with Crippen molar-refractivity contribution in [2.24, 2.45) is 0 Å². The van der Waals surface area contributed by atoms with E-state index < -0.39 is 0 Å². The Balaban J connectivity index is 2.10. The fraction of sp³-hybridized carbons (Fsp3) is 0.235. The number of hydrogen-bond acceptors (Lipinski definition) is 3. The molecule has 4 heteroatoms. The highest BCUT2D eigenvalue weighted by molar-refractivity contribution is 7.80. The predicted molar refractivity (Wildman–Crippen MR) is 89.3 cm³/mol. The topological polar surface area (TPSA) is 30.5 Å². The molecule has 1 N–H and O–H groups in total. The molecule has 0 spiro atoms. The van der Waals surface area contributed by atoms with Crippen LogP contribution in [0.3, 0.4) is 0 Å². The third-order valence-corrected chi connectivity index (χ3v) is 3.59. The van der Waals surface area contributed by atoms with Gasteiger partial charge in [0, 0.05) is 6.54 Å². The quantitative estimate of drug-likeness (QED) is 0.857. The second-order valence-electron chi connectivity index (χ2n) is 4.73. The summed E-state index contributed by atoms with van der Waals surface area (Å²) in [6, 6.07) is 13.9. The number of nitrogens with one attached hydrogen (secondary N) is 1. The molecule has 0 amide bonds. The lowest BCUT2D eigenvalue weighted by Gasteiger charge is -2.13. The van der Waals surface area contributed by atoms with E-state index in [4.69, 9.17) is 21.7 Å². The SMILES string of the molecule is COc1ccc(OC)c(C(=S)NCc2ccc(C)cc2)c1. The molecule has 0 fully saturated rings. The Morgan fingerprint density at radius 3 is 2.38 bits per heavy atom. The van der Waals surface area contributed by atoms with Gasteiger partial charge >= 0.3 is 0 Å². The lowest BCUT2D eigenvalue weighted by atomic mass is 10.1. The number of methoxy groups -OCH3 is 2. The molecule has 0 aliphatic rings. The van der Waals surface area contributed by atoms with Crippen LogP contribution < -0.4 is 14.8 Å². The van der Waals surface area contributed by atoms with Gasteiger partial charge in [0.25, 0.3) is 0 Å². The minimum atomic E-state index is 0.645. The Labute approximate surface area is 130 Å². The summed E-state index contributed by atoms with van der Waals surface area (Å²) >= 11 is 5.46. The molecule has 0 radical (unpaired) electrons. The average Bonchev–Trinajstić information content (AvgIpc) is 2.53. The average molecular weight is 301 g/mol. The van der Waals surface area contributed by atoms with E-state index in [0.29, 0.717) is 11.5 Å². The highest BCUT2D eigenvalue weighted by Crippen LogP contribution is 2.24. The monoisotopic (exact) mass is 301 g/mol. The van der Waals surface area contributed by atoms with Crippen molar-refractivity contribution in [2.45, 2.75) is 13.5 Å². The molecule has 0 unspecified atom stereocenters. The van der Waals surface area contributed by atoms with Crippen molar-refractivity contribution in [1.29, 1.82) is 0 Å². The van der Waals surface area contributed by atoms with E-state index in [0.717, 1.165) is 17.1 Å². The van der Waals surface area contributed by atoms with Gasteiger partial charge in [0.05, 0.1) is 19.8 Å². The van der Waals surface area contributed by atoms with Gasteiger partial charge in [-0.25, -0.2) is 0 Å². The van der Waals surface area contributed by atoms with Gasteiger partial charge in [-0.15, -0.1) is 0 Å². The number of thiocarbonyl (C=S) groups is 1. The Morgan fingerprint density at radius 1 is 1.05 bits per heavy atom. The van der Waals surface area contributed by atoms with E-state index in [-0.39, 0.29) is 0 Å². The standard InChI is InChI=1S/C17H19NO2S/c1-12-4-6-13(7-5-12)11-18-17(21)15-10-14(19-2)8-9-16(15)20-3/h4-10H,11H2,1-3H3,(H,18,21). The summed E-state index contributed by atoms with van der Waals surface area (Å²) in [5.41, 5.74) is 3.26. The first-order valence-electron chi connectivity index (χ1n) is 6.70. The molecule has 21 heavy (non-hydrogen) atoms. The normalized spacial score (nSPS) is 10.0. The number of hydrogen-bond donors (Lipinski definition) is 1. The van der Waals surface area contributed by atoms with Crippen molar-refractivity contribution in [3.05, 3.63) is 59.2 Å². The van der Waals surface area contributed by atoms with E-state index in [1.807, 2.05) is 18.2 Å². The van der Waals surface area contributed by atoms with Crippen molar-refractivity contribution in [2.75, 3.05) is 14.2 Å². The van der Waals surface area contributed by atoms with Crippen molar-refractivity contribution >= 4 is 17.2 Å². The molecule has 0 aliphatic carbocycles. The molecule has 0 aromatic heterocycles. The zero-order valence-corrected chi connectivity index (χ0v) is 13.3. The zero-order chi connectivity index (χ0) is 15.2.